The van der Waals surface area contributed by atoms with Gasteiger partial charge < -0.3 is 15.1 Å². The average molecular weight is 394 g/mol. The summed E-state index contributed by atoms with van der Waals surface area (Å²) in [6.45, 7) is 3.60. The molecule has 0 spiro atoms. The molecule has 29 heavy (non-hydrogen) atoms. The fourth-order valence-electron chi connectivity index (χ4n) is 4.83. The van der Waals surface area contributed by atoms with Crippen molar-refractivity contribution in [1.29, 1.82) is 0 Å². The molecule has 1 amide bonds. The molecule has 3 aliphatic rings. The van der Waals surface area contributed by atoms with Crippen LogP contribution in [0, 0.1) is 0 Å². The monoisotopic (exact) mass is 393 g/mol. The quantitative estimate of drug-likeness (QED) is 0.850. The third-order valence-electron chi connectivity index (χ3n) is 6.39. The summed E-state index contributed by atoms with van der Waals surface area (Å²) in [5.41, 5.74) is 5.60. The van der Waals surface area contributed by atoms with E-state index in [2.05, 4.69) is 34.5 Å². The maximum atomic E-state index is 13.6. The van der Waals surface area contributed by atoms with Crippen LogP contribution in [-0.4, -0.2) is 43.8 Å². The summed E-state index contributed by atoms with van der Waals surface area (Å²) in [6, 6.07) is 8.30. The number of Topliss-reactive ketones (excluding diaryl/α,β-unsaturated/α-hetero) is 1. The summed E-state index contributed by atoms with van der Waals surface area (Å²) < 4.78 is 0. The van der Waals surface area contributed by atoms with Gasteiger partial charge in [-0.05, 0) is 56.7 Å². The topological polar surface area (TPSA) is 52.7 Å². The van der Waals surface area contributed by atoms with E-state index in [-0.39, 0.29) is 17.6 Å². The Labute approximate surface area is 173 Å². The van der Waals surface area contributed by atoms with Gasteiger partial charge in [-0.2, -0.15) is 0 Å². The highest BCUT2D eigenvalue weighted by atomic mass is 16.2. The van der Waals surface area contributed by atoms with Gasteiger partial charge in [0.1, 0.15) is 0 Å². The highest BCUT2D eigenvalue weighted by Gasteiger charge is 2.39. The molecule has 0 bridgehead atoms. The number of nitrogens with zero attached hydrogens (tertiary/aromatic N) is 2. The molecule has 2 heterocycles. The molecule has 0 saturated carbocycles. The highest BCUT2D eigenvalue weighted by Crippen LogP contribution is 2.43. The second-order valence-electron chi connectivity index (χ2n) is 8.60. The van der Waals surface area contributed by atoms with Crippen molar-refractivity contribution in [2.75, 3.05) is 32.1 Å². The third-order valence-corrected chi connectivity index (χ3v) is 6.39. The molecular formula is C24H31N3O2. The summed E-state index contributed by atoms with van der Waals surface area (Å²) in [5, 5.41) is 3.43. The maximum absolute atomic E-state index is 13.6. The molecule has 1 saturated heterocycles. The second-order valence-corrected chi connectivity index (χ2v) is 8.60. The van der Waals surface area contributed by atoms with E-state index >= 15 is 0 Å². The van der Waals surface area contributed by atoms with Crippen molar-refractivity contribution in [3.05, 3.63) is 52.4 Å². The Balaban J connectivity index is 1.79. The first-order valence-corrected chi connectivity index (χ1v) is 10.8. The fourth-order valence-corrected chi connectivity index (χ4v) is 4.83. The minimum Gasteiger partial charge on any atom is -0.378 e. The maximum Gasteiger partial charge on any atom is 0.252 e. The zero-order valence-corrected chi connectivity index (χ0v) is 17.8. The number of nitrogens with one attached hydrogen (secondary N) is 1. The molecule has 5 heteroatoms. The third kappa shape index (κ3) is 3.70. The van der Waals surface area contributed by atoms with Crippen molar-refractivity contribution >= 4 is 17.4 Å². The number of amides is 1. The molecule has 0 unspecified atom stereocenters. The van der Waals surface area contributed by atoms with Gasteiger partial charge in [0.15, 0.2) is 5.78 Å². The van der Waals surface area contributed by atoms with Gasteiger partial charge in [-0.1, -0.05) is 12.1 Å². The van der Waals surface area contributed by atoms with E-state index in [1.54, 1.807) is 0 Å². The Bertz CT molecular complexity index is 874. The first-order chi connectivity index (χ1) is 14.0. The zero-order valence-electron chi connectivity index (χ0n) is 17.8. The number of ketones is 1. The predicted octanol–water partition coefficient (Wildman–Crippen LogP) is 3.73. The van der Waals surface area contributed by atoms with E-state index in [0.717, 1.165) is 72.6 Å². The first-order valence-electron chi connectivity index (χ1n) is 10.8. The number of rotatable bonds is 3. The Morgan fingerprint density at radius 1 is 1.03 bits per heavy atom. The number of anilines is 1. The van der Waals surface area contributed by atoms with Crippen LogP contribution < -0.4 is 10.2 Å². The number of piperidine rings is 1. The molecule has 1 aromatic carbocycles. The van der Waals surface area contributed by atoms with Crippen molar-refractivity contribution in [1.82, 2.24) is 10.2 Å². The van der Waals surface area contributed by atoms with Crippen molar-refractivity contribution in [2.24, 2.45) is 0 Å². The Kier molecular flexibility index (Phi) is 5.48. The number of likely N-dealkylation sites (tertiary alicyclic amines) is 1. The predicted molar refractivity (Wildman–Crippen MR) is 116 cm³/mol. The van der Waals surface area contributed by atoms with Crippen molar-refractivity contribution < 1.29 is 9.59 Å². The van der Waals surface area contributed by atoms with Crippen LogP contribution in [0.3, 0.4) is 0 Å². The van der Waals surface area contributed by atoms with E-state index < -0.39 is 0 Å². The number of carbonyl (C=O) groups is 2. The summed E-state index contributed by atoms with van der Waals surface area (Å²) in [4.78, 5) is 30.6. The first kappa shape index (κ1) is 19.7. The molecule has 154 valence electrons. The smallest absolute Gasteiger partial charge is 0.252 e. The number of carbonyl (C=O) groups excluding carboxylic acids is 2. The molecule has 5 nitrogen and oxygen atoms in total. The van der Waals surface area contributed by atoms with Crippen LogP contribution in [0.2, 0.25) is 0 Å². The second kappa shape index (κ2) is 8.05. The minimum atomic E-state index is -0.273. The number of hydrogen-bond acceptors (Lipinski definition) is 4. The lowest BCUT2D eigenvalue weighted by Gasteiger charge is -2.37. The van der Waals surface area contributed by atoms with Crippen LogP contribution in [0.15, 0.2) is 46.8 Å². The molecule has 1 fully saturated rings. The zero-order chi connectivity index (χ0) is 20.5. The molecule has 4 rings (SSSR count). The van der Waals surface area contributed by atoms with Gasteiger partial charge in [-0.3, -0.25) is 9.59 Å². The molecule has 0 radical (unpaired) electrons. The summed E-state index contributed by atoms with van der Waals surface area (Å²) >= 11 is 0. The van der Waals surface area contributed by atoms with Crippen LogP contribution in [0.1, 0.15) is 56.9 Å². The van der Waals surface area contributed by atoms with Gasteiger partial charge in [-0.25, -0.2) is 0 Å². The number of benzene rings is 1. The SMILES string of the molecule is CC1=C(C(=O)N2CCCCC2)[C@H](c2ccc(N(C)C)cc2)C2=C(CCCC2=O)N1. The van der Waals surface area contributed by atoms with Gasteiger partial charge >= 0.3 is 0 Å². The van der Waals surface area contributed by atoms with Crippen LogP contribution >= 0.6 is 0 Å². The standard InChI is InChI=1S/C24H31N3O2/c1-16-21(24(29)27-14-5-4-6-15-27)22(17-10-12-18(13-11-17)26(2)3)23-19(25-16)8-7-9-20(23)28/h10-13,22,25H,4-9,14-15H2,1-3H3/t22-/m0/s1. The van der Waals surface area contributed by atoms with Gasteiger partial charge in [0.05, 0.1) is 0 Å². The van der Waals surface area contributed by atoms with Gasteiger partial charge in [0, 0.05) is 67.8 Å². The van der Waals surface area contributed by atoms with Crippen molar-refractivity contribution in [3.8, 4) is 0 Å². The molecule has 1 aromatic rings. The largest absolute Gasteiger partial charge is 0.378 e. The average Bonchev–Trinajstić information content (AvgIpc) is 2.73. The van der Waals surface area contributed by atoms with Crippen LogP contribution in [0.4, 0.5) is 5.69 Å². The van der Waals surface area contributed by atoms with Gasteiger partial charge in [0.25, 0.3) is 5.91 Å². The van der Waals surface area contributed by atoms with E-state index in [4.69, 9.17) is 0 Å². The minimum absolute atomic E-state index is 0.0845. The van der Waals surface area contributed by atoms with E-state index in [1.807, 2.05) is 25.9 Å². The Morgan fingerprint density at radius 2 is 1.72 bits per heavy atom. The molecule has 0 aromatic heterocycles. The summed E-state index contributed by atoms with van der Waals surface area (Å²) in [6.07, 6.45) is 5.61. The van der Waals surface area contributed by atoms with Crippen molar-refractivity contribution in [3.63, 3.8) is 0 Å². The van der Waals surface area contributed by atoms with Crippen LogP contribution in [0.25, 0.3) is 0 Å². The molecular weight excluding hydrogens is 362 g/mol. The number of hydrogen-bond donors (Lipinski definition) is 1. The van der Waals surface area contributed by atoms with Crippen LogP contribution in [-0.2, 0) is 9.59 Å². The fraction of sp³-hybridized carbons (Fsp3) is 0.500. The lowest BCUT2D eigenvalue weighted by molar-refractivity contribution is -0.128. The van der Waals surface area contributed by atoms with E-state index in [9.17, 15) is 9.59 Å². The highest BCUT2D eigenvalue weighted by molar-refractivity contribution is 6.05. The van der Waals surface area contributed by atoms with E-state index in [1.165, 1.54) is 6.42 Å². The van der Waals surface area contributed by atoms with Crippen LogP contribution in [0.5, 0.6) is 0 Å². The molecule has 1 aliphatic carbocycles. The lowest BCUT2D eigenvalue weighted by Crippen LogP contribution is -2.42. The van der Waals surface area contributed by atoms with Gasteiger partial charge in [-0.15, -0.1) is 0 Å². The number of dihydropyridines is 1. The Hall–Kier alpha value is -2.56. The number of allylic oxidation sites excluding steroid dienone is 3. The summed E-state index contributed by atoms with van der Waals surface area (Å²) in [7, 11) is 4.03. The Morgan fingerprint density at radius 3 is 2.38 bits per heavy atom. The van der Waals surface area contributed by atoms with Crippen molar-refractivity contribution in [2.45, 2.75) is 51.4 Å². The van der Waals surface area contributed by atoms with Gasteiger partial charge in [0.2, 0.25) is 0 Å². The molecule has 2 aliphatic heterocycles. The normalized spacial score (nSPS) is 22.4. The molecule has 1 N–H and O–H groups in total. The molecule has 1 atom stereocenters. The lowest BCUT2D eigenvalue weighted by atomic mass is 9.74. The van der Waals surface area contributed by atoms with E-state index in [0.29, 0.717) is 6.42 Å². The summed E-state index contributed by atoms with van der Waals surface area (Å²) in [5.74, 6) is -0.0112.